The molecule has 0 bridgehead atoms. The number of aromatic nitrogens is 12. The van der Waals surface area contributed by atoms with E-state index < -0.39 is 0 Å². The van der Waals surface area contributed by atoms with Crippen LogP contribution < -0.4 is 16.4 Å². The number of imidazole rings is 4. The molecule has 12 heterocycles. The molecule has 18 nitrogen and oxygen atoms in total. The molecule has 4 saturated heterocycles. The molecule has 8 aromatic heterocycles. The molecule has 65 heavy (non-hydrogen) atoms. The molecule has 340 valence electrons. The molecule has 4 fully saturated rings. The molecule has 4 atom stereocenters. The van der Waals surface area contributed by atoms with Crippen LogP contribution in [0.2, 0.25) is 0 Å². The zero-order valence-corrected chi connectivity index (χ0v) is 37.5. The fourth-order valence-electron chi connectivity index (χ4n) is 9.74. The van der Waals surface area contributed by atoms with Crippen LogP contribution in [0.1, 0.15) is 97.9 Å². The Labute approximate surface area is 379 Å². The van der Waals surface area contributed by atoms with E-state index in [-0.39, 0.29) is 28.9 Å². The van der Waals surface area contributed by atoms with E-state index in [1.54, 1.807) is 21.4 Å². The van der Waals surface area contributed by atoms with Gasteiger partial charge in [0.05, 0.1) is 29.7 Å². The Morgan fingerprint density at radius 2 is 1.22 bits per heavy atom. The van der Waals surface area contributed by atoms with Crippen molar-refractivity contribution in [3.05, 3.63) is 129 Å². The Balaban J connectivity index is 0.000000129. The lowest BCUT2D eigenvalue weighted by molar-refractivity contribution is 0.0831. The molecule has 0 aliphatic carbocycles. The number of fused-ring (bicyclic) bond motifs is 4. The second-order valence-corrected chi connectivity index (χ2v) is 18.1. The minimum atomic E-state index is -0.119. The van der Waals surface area contributed by atoms with E-state index in [4.69, 9.17) is 36.3 Å². The van der Waals surface area contributed by atoms with Crippen molar-refractivity contribution in [1.82, 2.24) is 68.2 Å². The number of H-pyrrole nitrogens is 2. The summed E-state index contributed by atoms with van der Waals surface area (Å²) in [6.45, 7) is 11.8. The van der Waals surface area contributed by atoms with Crippen molar-refractivity contribution in [2.45, 2.75) is 75.6 Å². The largest absolute Gasteiger partial charge is 0.381 e. The van der Waals surface area contributed by atoms with Gasteiger partial charge in [0.1, 0.15) is 34.6 Å². The molecule has 8 aromatic rings. The number of nitrogens with zero attached hydrogens (tertiary/aromatic N) is 11. The van der Waals surface area contributed by atoms with Crippen LogP contribution in [0.5, 0.6) is 0 Å². The van der Waals surface area contributed by atoms with E-state index >= 15 is 0 Å². The van der Waals surface area contributed by atoms with Gasteiger partial charge in [0.25, 0.3) is 11.1 Å². The number of hydrogen-bond acceptors (Lipinski definition) is 12. The van der Waals surface area contributed by atoms with Crippen molar-refractivity contribution < 1.29 is 9.47 Å². The molecule has 0 amide bonds. The molecule has 12 rings (SSSR count). The van der Waals surface area contributed by atoms with Gasteiger partial charge in [0.15, 0.2) is 11.0 Å². The molecular formula is C46H55ClN14O4. The summed E-state index contributed by atoms with van der Waals surface area (Å²) in [6, 6.07) is 11.9. The standard InChI is InChI=1S/C23H27N7O2.C15H21N5O2.C8H7ClN2/c1-15-11-28(12-17-13-29-7-3-2-4-20(29)25-17)14-18(15)21-26-23(31)19-10-24-22(30(19)27-21)16-5-8-32-9-6-16;1-9-6-16-7-11(9)13-18-15(21)12-8-17-14(20(12)19-13)10-2-4-22-5-3-10;9-5-7-6-11-4-2-1-3-8(11)10-7/h2-4,7,10,13,15-16,18H,5-6,8-9,11-12,14H2,1H3,(H,26,27,31);8-11,16H,2-7H2,1H3,(H,18,19,21);1-4,6H,5H2. The van der Waals surface area contributed by atoms with E-state index in [0.29, 0.717) is 34.7 Å². The van der Waals surface area contributed by atoms with Gasteiger partial charge in [0, 0.05) is 101 Å². The summed E-state index contributed by atoms with van der Waals surface area (Å²) in [7, 11) is 0. The van der Waals surface area contributed by atoms with Gasteiger partial charge in [0.2, 0.25) is 0 Å². The quantitative estimate of drug-likeness (QED) is 0.184. The first-order valence-corrected chi connectivity index (χ1v) is 23.3. The zero-order chi connectivity index (χ0) is 44.4. The van der Waals surface area contributed by atoms with Gasteiger partial charge >= 0.3 is 0 Å². The fourth-order valence-corrected chi connectivity index (χ4v) is 9.87. The van der Waals surface area contributed by atoms with Crippen molar-refractivity contribution >= 4 is 33.9 Å². The molecule has 0 saturated carbocycles. The fraction of sp³-hybridized carbons (Fsp3) is 0.478. The van der Waals surface area contributed by atoms with Gasteiger partial charge in [-0.05, 0) is 68.3 Å². The maximum Gasteiger partial charge on any atom is 0.276 e. The maximum absolute atomic E-state index is 12.8. The highest BCUT2D eigenvalue weighted by atomic mass is 35.5. The van der Waals surface area contributed by atoms with Gasteiger partial charge in [-0.2, -0.15) is 10.2 Å². The number of aromatic amines is 2. The monoisotopic (exact) mass is 902 g/mol. The van der Waals surface area contributed by atoms with E-state index in [1.807, 2.05) is 59.4 Å². The molecule has 0 spiro atoms. The normalized spacial score (nSPS) is 22.1. The SMILES string of the molecule is CC1CN(Cc2cn3ccccc3n2)CC1c1nn2c(C3CCOCC3)ncc2c(=O)[nH]1.CC1CNCC1c1nn2c(C3CCOCC3)ncc2c(=O)[nH]1.ClCc1cn2ccccc2n1. The number of halogens is 1. The third kappa shape index (κ3) is 9.09. The van der Waals surface area contributed by atoms with Crippen molar-refractivity contribution in [3.63, 3.8) is 0 Å². The van der Waals surface area contributed by atoms with Gasteiger partial charge in [-0.15, -0.1) is 11.6 Å². The van der Waals surface area contributed by atoms with E-state index in [0.717, 1.165) is 131 Å². The van der Waals surface area contributed by atoms with Gasteiger partial charge in [-0.1, -0.05) is 26.0 Å². The summed E-state index contributed by atoms with van der Waals surface area (Å²) in [5, 5.41) is 13.0. The average Bonchev–Trinajstić information content (AvgIpc) is 4.20. The van der Waals surface area contributed by atoms with Crippen LogP contribution in [-0.2, 0) is 21.9 Å². The summed E-state index contributed by atoms with van der Waals surface area (Å²) in [4.78, 5) is 51.6. The van der Waals surface area contributed by atoms with Crippen molar-refractivity contribution in [1.29, 1.82) is 0 Å². The van der Waals surface area contributed by atoms with Crippen molar-refractivity contribution in [2.24, 2.45) is 11.8 Å². The Morgan fingerprint density at radius 3 is 1.74 bits per heavy atom. The second kappa shape index (κ2) is 19.0. The number of rotatable bonds is 7. The van der Waals surface area contributed by atoms with E-state index in [9.17, 15) is 9.59 Å². The molecule has 4 aliphatic rings. The number of nitrogens with one attached hydrogen (secondary N) is 3. The Kier molecular flexibility index (Phi) is 12.6. The maximum atomic E-state index is 12.8. The minimum absolute atomic E-state index is 0.102. The first-order chi connectivity index (χ1) is 31.8. The molecule has 19 heteroatoms. The molecule has 0 aromatic carbocycles. The van der Waals surface area contributed by atoms with Crippen LogP contribution in [0.3, 0.4) is 0 Å². The van der Waals surface area contributed by atoms with Crippen LogP contribution in [0.15, 0.2) is 83.2 Å². The summed E-state index contributed by atoms with van der Waals surface area (Å²) in [5.74, 6) is 5.61. The average molecular weight is 903 g/mol. The Hall–Kier alpha value is -5.79. The highest BCUT2D eigenvalue weighted by Gasteiger charge is 2.34. The van der Waals surface area contributed by atoms with Crippen LogP contribution >= 0.6 is 11.6 Å². The zero-order valence-electron chi connectivity index (χ0n) is 36.7. The number of ether oxygens (including phenoxy) is 2. The van der Waals surface area contributed by atoms with E-state index in [2.05, 4.69) is 59.6 Å². The van der Waals surface area contributed by atoms with Gasteiger partial charge in [-0.3, -0.25) is 14.5 Å². The summed E-state index contributed by atoms with van der Waals surface area (Å²) in [6.07, 6.45) is 15.0. The number of pyridine rings is 2. The molecule has 4 unspecified atom stereocenters. The first-order valence-electron chi connectivity index (χ1n) is 22.7. The summed E-state index contributed by atoms with van der Waals surface area (Å²) < 4.78 is 18.5. The topological polar surface area (TPSA) is 194 Å². The molecule has 4 aliphatic heterocycles. The third-order valence-electron chi connectivity index (χ3n) is 13.3. The lowest BCUT2D eigenvalue weighted by atomic mass is 9.97. The highest BCUT2D eigenvalue weighted by molar-refractivity contribution is 6.16. The number of alkyl halides is 1. The number of likely N-dealkylation sites (tertiary alicyclic amines) is 1. The predicted octanol–water partition coefficient (Wildman–Crippen LogP) is 4.90. The smallest absolute Gasteiger partial charge is 0.276 e. The molecule has 0 radical (unpaired) electrons. The summed E-state index contributed by atoms with van der Waals surface area (Å²) >= 11 is 5.62. The molecule has 3 N–H and O–H groups in total. The Bertz CT molecular complexity index is 2950. The van der Waals surface area contributed by atoms with Gasteiger partial charge in [-0.25, -0.2) is 29.0 Å². The summed E-state index contributed by atoms with van der Waals surface area (Å²) in [5.41, 5.74) is 4.70. The van der Waals surface area contributed by atoms with Crippen molar-refractivity contribution in [2.75, 3.05) is 52.6 Å². The first kappa shape index (κ1) is 43.1. The van der Waals surface area contributed by atoms with Crippen LogP contribution in [-0.4, -0.2) is 115 Å². The third-order valence-corrected chi connectivity index (χ3v) is 13.6. The van der Waals surface area contributed by atoms with Gasteiger partial charge < -0.3 is 33.6 Å². The van der Waals surface area contributed by atoms with Crippen molar-refractivity contribution in [3.8, 4) is 0 Å². The lowest BCUT2D eigenvalue weighted by Gasteiger charge is -2.21. The predicted molar refractivity (Wildman–Crippen MR) is 245 cm³/mol. The highest BCUT2D eigenvalue weighted by Crippen LogP contribution is 2.32. The Morgan fingerprint density at radius 1 is 0.677 bits per heavy atom. The minimum Gasteiger partial charge on any atom is -0.381 e. The number of hydrogen-bond donors (Lipinski definition) is 3. The van der Waals surface area contributed by atoms with Crippen LogP contribution in [0, 0.1) is 11.8 Å². The molecular weight excluding hydrogens is 848 g/mol. The lowest BCUT2D eigenvalue weighted by Crippen LogP contribution is -2.24. The van der Waals surface area contributed by atoms with E-state index in [1.165, 1.54) is 0 Å². The van der Waals surface area contributed by atoms with Crippen LogP contribution in [0.25, 0.3) is 22.3 Å². The van der Waals surface area contributed by atoms with Crippen LogP contribution in [0.4, 0.5) is 0 Å². The second-order valence-electron chi connectivity index (χ2n) is 17.8.